The molecule has 0 saturated heterocycles. The van der Waals surface area contributed by atoms with Gasteiger partial charge in [-0.15, -0.1) is 0 Å². The summed E-state index contributed by atoms with van der Waals surface area (Å²) in [4.78, 5) is 4.02. The third kappa shape index (κ3) is 2.01. The molecular formula is C8H10BrNO. The first-order valence-corrected chi connectivity index (χ1v) is 4.20. The number of hydrogen-bond acceptors (Lipinski definition) is 2. The van der Waals surface area contributed by atoms with Gasteiger partial charge in [0.05, 0.1) is 6.10 Å². The number of aliphatic hydroxyl groups is 1. The van der Waals surface area contributed by atoms with Gasteiger partial charge in [-0.1, -0.05) is 0 Å². The van der Waals surface area contributed by atoms with Crippen molar-refractivity contribution in [2.45, 2.75) is 20.0 Å². The standard InChI is InChI=1S/C8H10BrNO/c1-5-3-8(9)10-4-7(5)6(2)11/h3-4,6,11H,1-2H3. The Morgan fingerprint density at radius 2 is 2.27 bits per heavy atom. The van der Waals surface area contributed by atoms with Crippen LogP contribution in [-0.2, 0) is 0 Å². The molecule has 1 unspecified atom stereocenters. The van der Waals surface area contributed by atoms with E-state index in [1.165, 1.54) is 0 Å². The smallest absolute Gasteiger partial charge is 0.106 e. The molecule has 1 aromatic rings. The lowest BCUT2D eigenvalue weighted by atomic mass is 10.1. The van der Waals surface area contributed by atoms with Crippen LogP contribution in [0.25, 0.3) is 0 Å². The molecule has 1 aromatic heterocycles. The largest absolute Gasteiger partial charge is 0.389 e. The van der Waals surface area contributed by atoms with Crippen molar-refractivity contribution in [1.82, 2.24) is 4.98 Å². The molecule has 0 aliphatic heterocycles. The summed E-state index contributed by atoms with van der Waals surface area (Å²) in [5.74, 6) is 0. The fraction of sp³-hybridized carbons (Fsp3) is 0.375. The van der Waals surface area contributed by atoms with E-state index >= 15 is 0 Å². The Kier molecular flexibility index (Phi) is 2.62. The Labute approximate surface area is 74.4 Å². The van der Waals surface area contributed by atoms with Crippen LogP contribution in [0.4, 0.5) is 0 Å². The number of aromatic nitrogens is 1. The van der Waals surface area contributed by atoms with E-state index in [9.17, 15) is 5.11 Å². The van der Waals surface area contributed by atoms with Crippen molar-refractivity contribution in [1.29, 1.82) is 0 Å². The van der Waals surface area contributed by atoms with E-state index in [0.717, 1.165) is 15.7 Å². The number of hydrogen-bond donors (Lipinski definition) is 1. The zero-order valence-corrected chi connectivity index (χ0v) is 8.09. The molecule has 0 spiro atoms. The van der Waals surface area contributed by atoms with E-state index in [-0.39, 0.29) is 0 Å². The fourth-order valence-corrected chi connectivity index (χ4v) is 1.42. The van der Waals surface area contributed by atoms with Gasteiger partial charge in [-0.3, -0.25) is 0 Å². The molecule has 1 N–H and O–H groups in total. The second-order valence-electron chi connectivity index (χ2n) is 2.54. The van der Waals surface area contributed by atoms with Crippen molar-refractivity contribution >= 4 is 15.9 Å². The first-order chi connectivity index (χ1) is 5.11. The highest BCUT2D eigenvalue weighted by molar-refractivity contribution is 9.10. The van der Waals surface area contributed by atoms with Crippen molar-refractivity contribution in [2.75, 3.05) is 0 Å². The molecule has 0 amide bonds. The second kappa shape index (κ2) is 3.32. The summed E-state index contributed by atoms with van der Waals surface area (Å²) >= 11 is 3.25. The fourth-order valence-electron chi connectivity index (χ4n) is 0.970. The van der Waals surface area contributed by atoms with Crippen molar-refractivity contribution in [3.8, 4) is 0 Å². The average Bonchev–Trinajstić information content (AvgIpc) is 1.85. The summed E-state index contributed by atoms with van der Waals surface area (Å²) in [6.07, 6.45) is 1.25. The minimum atomic E-state index is -0.435. The highest BCUT2D eigenvalue weighted by Gasteiger charge is 2.04. The molecule has 0 aliphatic rings. The van der Waals surface area contributed by atoms with E-state index in [0.29, 0.717) is 0 Å². The first kappa shape index (κ1) is 8.68. The summed E-state index contributed by atoms with van der Waals surface area (Å²) in [5.41, 5.74) is 1.94. The van der Waals surface area contributed by atoms with Crippen molar-refractivity contribution in [3.05, 3.63) is 28.0 Å². The van der Waals surface area contributed by atoms with E-state index in [1.807, 2.05) is 13.0 Å². The van der Waals surface area contributed by atoms with Crippen LogP contribution in [0.1, 0.15) is 24.2 Å². The molecule has 1 rings (SSSR count). The number of rotatable bonds is 1. The minimum Gasteiger partial charge on any atom is -0.389 e. The summed E-state index contributed by atoms with van der Waals surface area (Å²) in [6.45, 7) is 3.69. The van der Waals surface area contributed by atoms with Crippen LogP contribution in [-0.4, -0.2) is 10.1 Å². The number of pyridine rings is 1. The monoisotopic (exact) mass is 215 g/mol. The SMILES string of the molecule is Cc1cc(Br)ncc1C(C)O. The molecule has 0 fully saturated rings. The van der Waals surface area contributed by atoms with E-state index < -0.39 is 6.10 Å². The van der Waals surface area contributed by atoms with Crippen LogP contribution in [0.3, 0.4) is 0 Å². The lowest BCUT2D eigenvalue weighted by Crippen LogP contribution is -1.95. The predicted molar refractivity (Wildman–Crippen MR) is 47.3 cm³/mol. The molecule has 0 bridgehead atoms. The normalized spacial score (nSPS) is 13.1. The van der Waals surface area contributed by atoms with Gasteiger partial charge < -0.3 is 5.11 Å². The van der Waals surface area contributed by atoms with Gasteiger partial charge in [0.1, 0.15) is 4.60 Å². The Morgan fingerprint density at radius 1 is 1.64 bits per heavy atom. The zero-order chi connectivity index (χ0) is 8.43. The Balaban J connectivity index is 3.09. The number of nitrogens with zero attached hydrogens (tertiary/aromatic N) is 1. The van der Waals surface area contributed by atoms with Gasteiger partial charge in [0.25, 0.3) is 0 Å². The molecule has 11 heavy (non-hydrogen) atoms. The maximum atomic E-state index is 9.24. The molecule has 60 valence electrons. The molecule has 0 aliphatic carbocycles. The number of aryl methyl sites for hydroxylation is 1. The van der Waals surface area contributed by atoms with Crippen molar-refractivity contribution in [3.63, 3.8) is 0 Å². The lowest BCUT2D eigenvalue weighted by Gasteiger charge is -2.07. The first-order valence-electron chi connectivity index (χ1n) is 3.41. The third-order valence-electron chi connectivity index (χ3n) is 1.57. The molecule has 2 nitrogen and oxygen atoms in total. The molecular weight excluding hydrogens is 206 g/mol. The summed E-state index contributed by atoms with van der Waals surface area (Å²) in [6, 6.07) is 1.89. The molecule has 0 saturated carbocycles. The summed E-state index contributed by atoms with van der Waals surface area (Å²) in [5, 5.41) is 9.24. The quantitative estimate of drug-likeness (QED) is 0.730. The average molecular weight is 216 g/mol. The summed E-state index contributed by atoms with van der Waals surface area (Å²) in [7, 11) is 0. The van der Waals surface area contributed by atoms with Gasteiger partial charge in [0.2, 0.25) is 0 Å². The van der Waals surface area contributed by atoms with Crippen LogP contribution in [0.15, 0.2) is 16.9 Å². The zero-order valence-electron chi connectivity index (χ0n) is 6.50. The Hall–Kier alpha value is -0.410. The molecule has 1 atom stereocenters. The van der Waals surface area contributed by atoms with Gasteiger partial charge in [0, 0.05) is 11.8 Å². The molecule has 1 heterocycles. The maximum Gasteiger partial charge on any atom is 0.106 e. The van der Waals surface area contributed by atoms with Crippen LogP contribution in [0, 0.1) is 6.92 Å². The highest BCUT2D eigenvalue weighted by atomic mass is 79.9. The second-order valence-corrected chi connectivity index (χ2v) is 3.35. The Bertz CT molecular complexity index is 260. The van der Waals surface area contributed by atoms with Gasteiger partial charge in [-0.2, -0.15) is 0 Å². The highest BCUT2D eigenvalue weighted by Crippen LogP contribution is 2.18. The van der Waals surface area contributed by atoms with E-state index in [1.54, 1.807) is 13.1 Å². The maximum absolute atomic E-state index is 9.24. The van der Waals surface area contributed by atoms with Gasteiger partial charge in [-0.05, 0) is 41.4 Å². The number of halogens is 1. The van der Waals surface area contributed by atoms with Crippen molar-refractivity contribution in [2.24, 2.45) is 0 Å². The topological polar surface area (TPSA) is 33.1 Å². The predicted octanol–water partition coefficient (Wildman–Crippen LogP) is 2.21. The molecule has 0 aromatic carbocycles. The van der Waals surface area contributed by atoms with E-state index in [2.05, 4.69) is 20.9 Å². The van der Waals surface area contributed by atoms with Crippen molar-refractivity contribution < 1.29 is 5.11 Å². The van der Waals surface area contributed by atoms with Gasteiger partial charge in [-0.25, -0.2) is 4.98 Å². The van der Waals surface area contributed by atoms with E-state index in [4.69, 9.17) is 0 Å². The van der Waals surface area contributed by atoms with Gasteiger partial charge in [0.15, 0.2) is 0 Å². The van der Waals surface area contributed by atoms with Crippen LogP contribution in [0.5, 0.6) is 0 Å². The Morgan fingerprint density at radius 3 is 2.73 bits per heavy atom. The van der Waals surface area contributed by atoms with Gasteiger partial charge >= 0.3 is 0 Å². The third-order valence-corrected chi connectivity index (χ3v) is 2.00. The summed E-state index contributed by atoms with van der Waals surface area (Å²) < 4.78 is 0.805. The van der Waals surface area contributed by atoms with Crippen LogP contribution in [0.2, 0.25) is 0 Å². The number of aliphatic hydroxyl groups excluding tert-OH is 1. The molecule has 0 radical (unpaired) electrons. The minimum absolute atomic E-state index is 0.435. The lowest BCUT2D eigenvalue weighted by molar-refractivity contribution is 0.198. The molecule has 3 heteroatoms. The van der Waals surface area contributed by atoms with Crippen LogP contribution < -0.4 is 0 Å². The van der Waals surface area contributed by atoms with Crippen LogP contribution >= 0.6 is 15.9 Å².